The second kappa shape index (κ2) is 7.77. The molecule has 0 radical (unpaired) electrons. The first kappa shape index (κ1) is 18.2. The third-order valence-corrected chi connectivity index (χ3v) is 4.78. The maximum absolute atomic E-state index is 13.9. The van der Waals surface area contributed by atoms with Crippen molar-refractivity contribution in [2.45, 2.75) is 26.9 Å². The van der Waals surface area contributed by atoms with Crippen molar-refractivity contribution in [2.24, 2.45) is 0 Å². The van der Waals surface area contributed by atoms with E-state index < -0.39 is 6.10 Å². The Morgan fingerprint density at radius 3 is 2.46 bits per heavy atom. The van der Waals surface area contributed by atoms with Crippen molar-refractivity contribution < 1.29 is 13.9 Å². The lowest BCUT2D eigenvalue weighted by molar-refractivity contribution is -0.138. The summed E-state index contributed by atoms with van der Waals surface area (Å²) in [5.41, 5.74) is 2.71. The van der Waals surface area contributed by atoms with E-state index in [1.165, 1.54) is 6.07 Å². The SMILES string of the molecule is Cc1ccc(C)c(OC(C)C(=O)N2CCN(c3ccccc3F)CC2)c1. The summed E-state index contributed by atoms with van der Waals surface area (Å²) in [7, 11) is 0. The number of carbonyl (C=O) groups excluding carboxylic acids is 1. The summed E-state index contributed by atoms with van der Waals surface area (Å²) in [4.78, 5) is 16.5. The molecule has 5 heteroatoms. The van der Waals surface area contributed by atoms with Gasteiger partial charge in [-0.1, -0.05) is 24.3 Å². The largest absolute Gasteiger partial charge is 0.481 e. The van der Waals surface area contributed by atoms with Crippen LogP contribution in [0.15, 0.2) is 42.5 Å². The molecule has 1 aliphatic rings. The van der Waals surface area contributed by atoms with Gasteiger partial charge in [0.2, 0.25) is 0 Å². The van der Waals surface area contributed by atoms with Crippen LogP contribution in [0.3, 0.4) is 0 Å². The molecule has 0 saturated carbocycles. The first-order chi connectivity index (χ1) is 12.5. The summed E-state index contributed by atoms with van der Waals surface area (Å²) in [5.74, 6) is 0.494. The molecule has 26 heavy (non-hydrogen) atoms. The number of rotatable bonds is 4. The number of para-hydroxylation sites is 1. The van der Waals surface area contributed by atoms with Crippen molar-refractivity contribution in [3.8, 4) is 5.75 Å². The molecule has 1 atom stereocenters. The molecule has 0 aromatic heterocycles. The fourth-order valence-corrected chi connectivity index (χ4v) is 3.21. The molecule has 4 nitrogen and oxygen atoms in total. The highest BCUT2D eigenvalue weighted by atomic mass is 19.1. The average molecular weight is 356 g/mol. The zero-order valence-electron chi connectivity index (χ0n) is 15.5. The number of amides is 1. The number of anilines is 1. The Balaban J connectivity index is 1.59. The second-order valence-electron chi connectivity index (χ2n) is 6.79. The standard InChI is InChI=1S/C21H25FN2O2/c1-15-8-9-16(2)20(14-15)26-17(3)21(25)24-12-10-23(11-13-24)19-7-5-4-6-18(19)22/h4-9,14,17H,10-13H2,1-3H3. The van der Waals surface area contributed by atoms with Crippen molar-refractivity contribution in [2.75, 3.05) is 31.1 Å². The van der Waals surface area contributed by atoms with Crippen molar-refractivity contribution in [1.29, 1.82) is 0 Å². The molecule has 1 heterocycles. The second-order valence-corrected chi connectivity index (χ2v) is 6.79. The van der Waals surface area contributed by atoms with Crippen molar-refractivity contribution in [3.05, 3.63) is 59.4 Å². The average Bonchev–Trinajstić information content (AvgIpc) is 2.64. The summed E-state index contributed by atoms with van der Waals surface area (Å²) >= 11 is 0. The van der Waals surface area contributed by atoms with Gasteiger partial charge in [0, 0.05) is 26.2 Å². The molecular formula is C21H25FN2O2. The summed E-state index contributed by atoms with van der Waals surface area (Å²) in [5, 5.41) is 0. The molecule has 0 N–H and O–H groups in total. The van der Waals surface area contributed by atoms with Crippen LogP contribution in [0.25, 0.3) is 0 Å². The fourth-order valence-electron chi connectivity index (χ4n) is 3.21. The quantitative estimate of drug-likeness (QED) is 0.840. The van der Waals surface area contributed by atoms with Crippen LogP contribution < -0.4 is 9.64 Å². The molecule has 2 aromatic carbocycles. The highest BCUT2D eigenvalue weighted by Gasteiger charge is 2.27. The zero-order chi connectivity index (χ0) is 18.7. The Morgan fingerprint density at radius 2 is 1.77 bits per heavy atom. The summed E-state index contributed by atoms with van der Waals surface area (Å²) in [6.45, 7) is 8.11. The van der Waals surface area contributed by atoms with Gasteiger partial charge in [-0.3, -0.25) is 4.79 Å². The Hall–Kier alpha value is -2.56. The van der Waals surface area contributed by atoms with E-state index in [0.29, 0.717) is 31.9 Å². The smallest absolute Gasteiger partial charge is 0.263 e. The molecule has 1 aliphatic heterocycles. The van der Waals surface area contributed by atoms with Gasteiger partial charge in [0.25, 0.3) is 5.91 Å². The first-order valence-corrected chi connectivity index (χ1v) is 8.98. The summed E-state index contributed by atoms with van der Waals surface area (Å²) < 4.78 is 19.8. The number of nitrogens with zero attached hydrogens (tertiary/aromatic N) is 2. The third-order valence-electron chi connectivity index (χ3n) is 4.78. The molecule has 1 fully saturated rings. The zero-order valence-corrected chi connectivity index (χ0v) is 15.5. The monoisotopic (exact) mass is 356 g/mol. The molecule has 1 saturated heterocycles. The summed E-state index contributed by atoms with van der Waals surface area (Å²) in [6.07, 6.45) is -0.546. The Kier molecular flexibility index (Phi) is 5.45. The molecule has 0 aliphatic carbocycles. The molecule has 138 valence electrons. The van der Waals surface area contributed by atoms with E-state index in [0.717, 1.165) is 16.9 Å². The van der Waals surface area contributed by atoms with Gasteiger partial charge in [0.1, 0.15) is 11.6 Å². The number of halogens is 1. The van der Waals surface area contributed by atoms with E-state index in [1.807, 2.05) is 43.0 Å². The normalized spacial score (nSPS) is 15.7. The molecular weight excluding hydrogens is 331 g/mol. The number of benzene rings is 2. The summed E-state index contributed by atoms with van der Waals surface area (Å²) in [6, 6.07) is 12.7. The van der Waals surface area contributed by atoms with Crippen molar-refractivity contribution in [3.63, 3.8) is 0 Å². The van der Waals surface area contributed by atoms with Crippen molar-refractivity contribution in [1.82, 2.24) is 4.90 Å². The predicted molar refractivity (Wildman–Crippen MR) is 101 cm³/mol. The van der Waals surface area contributed by atoms with E-state index in [9.17, 15) is 9.18 Å². The van der Waals surface area contributed by atoms with E-state index in [2.05, 4.69) is 0 Å². The number of hydrogen-bond donors (Lipinski definition) is 0. The molecule has 3 rings (SSSR count). The molecule has 1 unspecified atom stereocenters. The Bertz CT molecular complexity index is 785. The topological polar surface area (TPSA) is 32.8 Å². The number of carbonyl (C=O) groups is 1. The molecule has 2 aromatic rings. The maximum atomic E-state index is 13.9. The van der Waals surface area contributed by atoms with Gasteiger partial charge in [-0.2, -0.15) is 0 Å². The van der Waals surface area contributed by atoms with Crippen LogP contribution in [0.1, 0.15) is 18.1 Å². The van der Waals surface area contributed by atoms with Gasteiger partial charge in [-0.25, -0.2) is 4.39 Å². The van der Waals surface area contributed by atoms with Gasteiger partial charge in [-0.05, 0) is 50.1 Å². The van der Waals surface area contributed by atoms with E-state index >= 15 is 0 Å². The number of ether oxygens (including phenoxy) is 1. The number of hydrogen-bond acceptors (Lipinski definition) is 3. The lowest BCUT2D eigenvalue weighted by atomic mass is 10.1. The van der Waals surface area contributed by atoms with Crippen LogP contribution in [0.4, 0.5) is 10.1 Å². The Morgan fingerprint density at radius 1 is 1.08 bits per heavy atom. The van der Waals surface area contributed by atoms with Crippen molar-refractivity contribution >= 4 is 11.6 Å². The van der Waals surface area contributed by atoms with Crippen LogP contribution in [-0.2, 0) is 4.79 Å². The van der Waals surface area contributed by atoms with Crippen LogP contribution in [0.5, 0.6) is 5.75 Å². The van der Waals surface area contributed by atoms with Gasteiger partial charge < -0.3 is 14.5 Å². The van der Waals surface area contributed by atoms with Crippen LogP contribution >= 0.6 is 0 Å². The minimum absolute atomic E-state index is 0.0286. The van der Waals surface area contributed by atoms with E-state index in [1.54, 1.807) is 24.0 Å². The number of aryl methyl sites for hydroxylation is 2. The minimum Gasteiger partial charge on any atom is -0.481 e. The van der Waals surface area contributed by atoms with Gasteiger partial charge in [0.15, 0.2) is 6.10 Å². The van der Waals surface area contributed by atoms with Gasteiger partial charge in [0.05, 0.1) is 5.69 Å². The van der Waals surface area contributed by atoms with Crippen LogP contribution in [0.2, 0.25) is 0 Å². The highest BCUT2D eigenvalue weighted by molar-refractivity contribution is 5.81. The predicted octanol–water partition coefficient (Wildman–Crippen LogP) is 3.56. The van der Waals surface area contributed by atoms with Gasteiger partial charge in [-0.15, -0.1) is 0 Å². The highest BCUT2D eigenvalue weighted by Crippen LogP contribution is 2.22. The molecule has 0 bridgehead atoms. The molecule has 0 spiro atoms. The molecule has 1 amide bonds. The minimum atomic E-state index is -0.546. The van der Waals surface area contributed by atoms with Gasteiger partial charge >= 0.3 is 0 Å². The lowest BCUT2D eigenvalue weighted by Gasteiger charge is -2.37. The van der Waals surface area contributed by atoms with Crippen LogP contribution in [0, 0.1) is 19.7 Å². The lowest BCUT2D eigenvalue weighted by Crippen LogP contribution is -2.52. The maximum Gasteiger partial charge on any atom is 0.263 e. The van der Waals surface area contributed by atoms with Crippen LogP contribution in [-0.4, -0.2) is 43.1 Å². The Labute approximate surface area is 154 Å². The third kappa shape index (κ3) is 3.98. The fraction of sp³-hybridized carbons (Fsp3) is 0.381. The first-order valence-electron chi connectivity index (χ1n) is 8.98. The van der Waals surface area contributed by atoms with E-state index in [4.69, 9.17) is 4.74 Å². The number of piperazine rings is 1. The van der Waals surface area contributed by atoms with E-state index in [-0.39, 0.29) is 11.7 Å².